The molecule has 1 amide bonds. The van der Waals surface area contributed by atoms with E-state index in [-0.39, 0.29) is 12.0 Å². The van der Waals surface area contributed by atoms with Crippen LogP contribution in [0.3, 0.4) is 0 Å². The normalized spacial score (nSPS) is 20.5. The van der Waals surface area contributed by atoms with Gasteiger partial charge in [0.25, 0.3) is 5.91 Å². The number of hydrogen-bond acceptors (Lipinski definition) is 7. The summed E-state index contributed by atoms with van der Waals surface area (Å²) in [6.07, 6.45) is 2.14. The van der Waals surface area contributed by atoms with Crippen LogP contribution in [0.2, 0.25) is 0 Å². The van der Waals surface area contributed by atoms with Crippen molar-refractivity contribution in [1.82, 2.24) is 19.5 Å². The lowest BCUT2D eigenvalue weighted by Gasteiger charge is -2.15. The number of benzene rings is 2. The Morgan fingerprint density at radius 1 is 1.09 bits per heavy atom. The van der Waals surface area contributed by atoms with Crippen molar-refractivity contribution in [3.05, 3.63) is 78.9 Å². The first-order valence-corrected chi connectivity index (χ1v) is 11.2. The van der Waals surface area contributed by atoms with E-state index in [0.29, 0.717) is 34.7 Å². The first kappa shape index (κ1) is 20.6. The molecule has 0 radical (unpaired) electrons. The van der Waals surface area contributed by atoms with Gasteiger partial charge in [0.1, 0.15) is 12.6 Å². The van der Waals surface area contributed by atoms with Crippen molar-refractivity contribution in [1.29, 1.82) is 0 Å². The van der Waals surface area contributed by atoms with Crippen LogP contribution in [0, 0.1) is 0 Å². The SMILES string of the molecule is O=C(Nc1ncnc2c1ncn2[C@H]1C[C@H](O)[C@@H](CSc2ccccc2)O1)c1ccccc1. The summed E-state index contributed by atoms with van der Waals surface area (Å²) in [5.41, 5.74) is 1.54. The van der Waals surface area contributed by atoms with Crippen LogP contribution in [0.15, 0.2) is 78.2 Å². The van der Waals surface area contributed by atoms with E-state index in [4.69, 9.17) is 4.74 Å². The molecule has 1 saturated heterocycles. The second-order valence-corrected chi connectivity index (χ2v) is 8.52. The fourth-order valence-corrected chi connectivity index (χ4v) is 4.66. The van der Waals surface area contributed by atoms with E-state index in [1.54, 1.807) is 46.9 Å². The minimum Gasteiger partial charge on any atom is -0.390 e. The first-order chi connectivity index (χ1) is 15.7. The van der Waals surface area contributed by atoms with Gasteiger partial charge in [0.2, 0.25) is 0 Å². The fourth-order valence-electron chi connectivity index (χ4n) is 3.65. The van der Waals surface area contributed by atoms with Gasteiger partial charge in [0.15, 0.2) is 17.0 Å². The number of carbonyl (C=O) groups excluding carboxylic acids is 1. The van der Waals surface area contributed by atoms with Gasteiger partial charge in [-0.1, -0.05) is 36.4 Å². The first-order valence-electron chi connectivity index (χ1n) is 10.2. The molecule has 1 fully saturated rings. The third kappa shape index (κ3) is 4.22. The Bertz CT molecular complexity index is 1220. The molecular weight excluding hydrogens is 426 g/mol. The summed E-state index contributed by atoms with van der Waals surface area (Å²) >= 11 is 1.65. The Kier molecular flexibility index (Phi) is 5.85. The number of nitrogens with one attached hydrogen (secondary N) is 1. The molecule has 0 aliphatic carbocycles. The Morgan fingerprint density at radius 2 is 1.84 bits per heavy atom. The predicted molar refractivity (Wildman–Crippen MR) is 121 cm³/mol. The number of aliphatic hydroxyl groups excluding tert-OH is 1. The summed E-state index contributed by atoms with van der Waals surface area (Å²) in [5, 5.41) is 13.3. The van der Waals surface area contributed by atoms with Crippen molar-refractivity contribution >= 4 is 34.7 Å². The summed E-state index contributed by atoms with van der Waals surface area (Å²) in [6, 6.07) is 18.9. The molecule has 0 saturated carbocycles. The molecule has 2 aromatic carbocycles. The van der Waals surface area contributed by atoms with Gasteiger partial charge in [0.05, 0.1) is 18.5 Å². The van der Waals surface area contributed by atoms with Gasteiger partial charge < -0.3 is 15.2 Å². The molecule has 2 N–H and O–H groups in total. The third-order valence-corrected chi connectivity index (χ3v) is 6.40. The van der Waals surface area contributed by atoms with Gasteiger partial charge in [-0.3, -0.25) is 9.36 Å². The zero-order chi connectivity index (χ0) is 21.9. The summed E-state index contributed by atoms with van der Waals surface area (Å²) in [7, 11) is 0. The van der Waals surface area contributed by atoms with E-state index >= 15 is 0 Å². The third-order valence-electron chi connectivity index (χ3n) is 5.30. The Labute approximate surface area is 188 Å². The zero-order valence-electron chi connectivity index (χ0n) is 17.0. The number of nitrogens with zero attached hydrogens (tertiary/aromatic N) is 4. The maximum atomic E-state index is 12.5. The molecule has 1 aliphatic rings. The highest BCUT2D eigenvalue weighted by atomic mass is 32.2. The van der Waals surface area contributed by atoms with Crippen LogP contribution in [0.5, 0.6) is 0 Å². The number of imidazole rings is 1. The van der Waals surface area contributed by atoms with Crippen LogP contribution in [0.1, 0.15) is 23.0 Å². The van der Waals surface area contributed by atoms with Crippen LogP contribution >= 0.6 is 11.8 Å². The fraction of sp³-hybridized carbons (Fsp3) is 0.217. The quantitative estimate of drug-likeness (QED) is 0.436. The lowest BCUT2D eigenvalue weighted by Crippen LogP contribution is -2.23. The summed E-state index contributed by atoms with van der Waals surface area (Å²) < 4.78 is 7.93. The van der Waals surface area contributed by atoms with Crippen molar-refractivity contribution in [2.24, 2.45) is 0 Å². The zero-order valence-corrected chi connectivity index (χ0v) is 17.9. The number of aliphatic hydroxyl groups is 1. The van der Waals surface area contributed by atoms with Crippen molar-refractivity contribution in [3.8, 4) is 0 Å². The highest BCUT2D eigenvalue weighted by molar-refractivity contribution is 7.99. The van der Waals surface area contributed by atoms with Gasteiger partial charge in [0, 0.05) is 22.6 Å². The number of aromatic nitrogens is 4. The van der Waals surface area contributed by atoms with E-state index < -0.39 is 12.3 Å². The minimum absolute atomic E-state index is 0.273. The van der Waals surface area contributed by atoms with Crippen LogP contribution in [0.25, 0.3) is 11.2 Å². The number of ether oxygens (including phenoxy) is 1. The van der Waals surface area contributed by atoms with E-state index in [2.05, 4.69) is 20.3 Å². The second kappa shape index (κ2) is 9.07. The monoisotopic (exact) mass is 447 g/mol. The maximum Gasteiger partial charge on any atom is 0.256 e. The number of hydrogen-bond donors (Lipinski definition) is 2. The molecule has 5 rings (SSSR count). The van der Waals surface area contributed by atoms with Crippen molar-refractivity contribution in [2.45, 2.75) is 29.8 Å². The van der Waals surface area contributed by atoms with Crippen LogP contribution in [0.4, 0.5) is 5.82 Å². The molecule has 0 bridgehead atoms. The molecule has 162 valence electrons. The minimum atomic E-state index is -0.590. The topological polar surface area (TPSA) is 102 Å². The molecule has 3 heterocycles. The largest absolute Gasteiger partial charge is 0.390 e. The molecule has 2 aromatic heterocycles. The van der Waals surface area contributed by atoms with Crippen LogP contribution in [-0.4, -0.2) is 48.5 Å². The van der Waals surface area contributed by atoms with E-state index in [1.807, 2.05) is 36.4 Å². The number of rotatable bonds is 6. The maximum absolute atomic E-state index is 12.5. The van der Waals surface area contributed by atoms with Gasteiger partial charge in [-0.25, -0.2) is 15.0 Å². The average molecular weight is 448 g/mol. The number of carbonyl (C=O) groups is 1. The molecule has 0 spiro atoms. The lowest BCUT2D eigenvalue weighted by molar-refractivity contribution is -0.00371. The number of fused-ring (bicyclic) bond motifs is 1. The van der Waals surface area contributed by atoms with Gasteiger partial charge in [-0.05, 0) is 24.3 Å². The summed E-state index contributed by atoms with van der Waals surface area (Å²) in [5.74, 6) is 0.699. The highest BCUT2D eigenvalue weighted by Gasteiger charge is 2.36. The Hall–Kier alpha value is -3.27. The predicted octanol–water partition coefficient (Wildman–Crippen LogP) is 3.52. The summed E-state index contributed by atoms with van der Waals surface area (Å²) in [6.45, 7) is 0. The lowest BCUT2D eigenvalue weighted by atomic mass is 10.2. The molecule has 32 heavy (non-hydrogen) atoms. The molecule has 9 heteroatoms. The second-order valence-electron chi connectivity index (χ2n) is 7.42. The van der Waals surface area contributed by atoms with E-state index in [1.165, 1.54) is 6.33 Å². The standard InChI is InChI=1S/C23H21N5O3S/c29-17-11-19(31-18(17)12-32-16-9-5-2-6-10-16)28-14-26-20-21(24-13-25-22(20)28)27-23(30)15-7-3-1-4-8-15/h1-10,13-14,17-19,29H,11-12H2,(H,24,25,27,30)/t17-,18+,19+/m0/s1. The molecule has 0 unspecified atom stereocenters. The summed E-state index contributed by atoms with van der Waals surface area (Å²) in [4.78, 5) is 26.6. The smallest absolute Gasteiger partial charge is 0.256 e. The Morgan fingerprint density at radius 3 is 2.62 bits per heavy atom. The van der Waals surface area contributed by atoms with E-state index in [9.17, 15) is 9.90 Å². The molecule has 1 aliphatic heterocycles. The highest BCUT2D eigenvalue weighted by Crippen LogP contribution is 2.34. The Balaban J connectivity index is 1.32. The van der Waals surface area contributed by atoms with Gasteiger partial charge in [-0.2, -0.15) is 0 Å². The van der Waals surface area contributed by atoms with Crippen molar-refractivity contribution in [2.75, 3.05) is 11.1 Å². The van der Waals surface area contributed by atoms with Gasteiger partial charge in [-0.15, -0.1) is 11.8 Å². The number of thioether (sulfide) groups is 1. The molecule has 4 aromatic rings. The van der Waals surface area contributed by atoms with Crippen molar-refractivity contribution < 1.29 is 14.6 Å². The van der Waals surface area contributed by atoms with E-state index in [0.717, 1.165) is 4.90 Å². The number of anilines is 1. The van der Waals surface area contributed by atoms with Crippen LogP contribution in [-0.2, 0) is 4.74 Å². The molecule has 8 nitrogen and oxygen atoms in total. The van der Waals surface area contributed by atoms with Crippen molar-refractivity contribution in [3.63, 3.8) is 0 Å². The molecule has 3 atom stereocenters. The number of amides is 1. The van der Waals surface area contributed by atoms with Gasteiger partial charge >= 0.3 is 0 Å². The average Bonchev–Trinajstić information content (AvgIpc) is 3.43. The molecular formula is C23H21N5O3S. The van der Waals surface area contributed by atoms with Crippen LogP contribution < -0.4 is 5.32 Å².